The first-order valence-electron chi connectivity index (χ1n) is 9.66. The highest BCUT2D eigenvalue weighted by molar-refractivity contribution is 5.97. The van der Waals surface area contributed by atoms with E-state index in [0.29, 0.717) is 18.7 Å². The fourth-order valence-corrected chi connectivity index (χ4v) is 3.73. The van der Waals surface area contributed by atoms with Crippen molar-refractivity contribution in [3.05, 3.63) is 47.8 Å². The Kier molecular flexibility index (Phi) is 8.50. The van der Waals surface area contributed by atoms with Crippen molar-refractivity contribution >= 4 is 41.8 Å². The van der Waals surface area contributed by atoms with E-state index < -0.39 is 0 Å². The molecule has 0 bridgehead atoms. The molecule has 1 amide bonds. The number of rotatable bonds is 5. The molecule has 1 fully saturated rings. The summed E-state index contributed by atoms with van der Waals surface area (Å²) in [6.45, 7) is 1.83. The summed E-state index contributed by atoms with van der Waals surface area (Å²) in [5.74, 6) is 1.43. The summed E-state index contributed by atoms with van der Waals surface area (Å²) in [4.78, 5) is 19.1. The van der Waals surface area contributed by atoms with Crippen molar-refractivity contribution in [2.45, 2.75) is 25.4 Å². The molecule has 0 spiro atoms. The molecule has 1 aliphatic heterocycles. The molecule has 2 N–H and O–H groups in total. The Labute approximate surface area is 193 Å². The Morgan fingerprint density at radius 3 is 2.71 bits per heavy atom. The van der Waals surface area contributed by atoms with Crippen molar-refractivity contribution < 1.29 is 14.3 Å². The van der Waals surface area contributed by atoms with E-state index in [4.69, 9.17) is 15.2 Å². The van der Waals surface area contributed by atoms with Gasteiger partial charge in [0, 0.05) is 42.3 Å². The number of hydrogen-bond donors (Lipinski definition) is 1. The molecule has 4 rings (SSSR count). The number of methoxy groups -OCH3 is 2. The van der Waals surface area contributed by atoms with E-state index in [9.17, 15) is 4.79 Å². The van der Waals surface area contributed by atoms with Gasteiger partial charge in [0.25, 0.3) is 5.91 Å². The molecule has 1 saturated heterocycles. The summed E-state index contributed by atoms with van der Waals surface area (Å²) in [6, 6.07) is 7.57. The van der Waals surface area contributed by atoms with E-state index in [1.165, 1.54) is 0 Å². The zero-order valence-corrected chi connectivity index (χ0v) is 19.1. The number of likely N-dealkylation sites (tertiary alicyclic amines) is 1. The lowest BCUT2D eigenvalue weighted by atomic mass is 10.1. The maximum Gasteiger partial charge on any atom is 0.255 e. The number of benzene rings is 1. The van der Waals surface area contributed by atoms with Gasteiger partial charge in [-0.2, -0.15) is 5.10 Å². The Balaban J connectivity index is 0.00000171. The van der Waals surface area contributed by atoms with Crippen LogP contribution in [0, 0.1) is 0 Å². The normalized spacial score (nSPS) is 15.7. The highest BCUT2D eigenvalue weighted by Crippen LogP contribution is 2.26. The molecule has 8 nitrogen and oxygen atoms in total. The highest BCUT2D eigenvalue weighted by atomic mass is 35.5. The van der Waals surface area contributed by atoms with Crippen LogP contribution in [-0.2, 0) is 6.54 Å². The number of piperidine rings is 1. The van der Waals surface area contributed by atoms with Crippen molar-refractivity contribution in [2.24, 2.45) is 5.73 Å². The van der Waals surface area contributed by atoms with Gasteiger partial charge in [0.05, 0.1) is 32.5 Å². The zero-order valence-electron chi connectivity index (χ0n) is 17.5. The second-order valence-electron chi connectivity index (χ2n) is 7.27. The molecule has 3 aromatic rings. The molecular formula is C21H27Cl2N5O3. The molecule has 1 unspecified atom stereocenters. The lowest BCUT2D eigenvalue weighted by Gasteiger charge is -2.30. The molecule has 0 aliphatic carbocycles. The second-order valence-corrected chi connectivity index (χ2v) is 7.27. The Morgan fingerprint density at radius 1 is 1.19 bits per heavy atom. The number of aromatic nitrogens is 3. The third-order valence-electron chi connectivity index (χ3n) is 5.28. The summed E-state index contributed by atoms with van der Waals surface area (Å²) in [5.41, 5.74) is 8.25. The van der Waals surface area contributed by atoms with Gasteiger partial charge in [-0.15, -0.1) is 24.8 Å². The Hall–Kier alpha value is -2.55. The smallest absolute Gasteiger partial charge is 0.255 e. The van der Waals surface area contributed by atoms with Gasteiger partial charge in [0.1, 0.15) is 11.5 Å². The number of halogens is 2. The van der Waals surface area contributed by atoms with E-state index in [0.717, 1.165) is 47.5 Å². The third kappa shape index (κ3) is 5.20. The van der Waals surface area contributed by atoms with Crippen LogP contribution in [-0.4, -0.2) is 58.9 Å². The van der Waals surface area contributed by atoms with Crippen LogP contribution >= 0.6 is 24.8 Å². The molecule has 0 saturated carbocycles. The van der Waals surface area contributed by atoms with Gasteiger partial charge in [0.2, 0.25) is 0 Å². The molecular weight excluding hydrogens is 441 g/mol. The van der Waals surface area contributed by atoms with Gasteiger partial charge >= 0.3 is 0 Å². The number of carbonyl (C=O) groups is 1. The van der Waals surface area contributed by atoms with Crippen molar-refractivity contribution in [3.63, 3.8) is 0 Å². The summed E-state index contributed by atoms with van der Waals surface area (Å²) < 4.78 is 12.5. The predicted octanol–water partition coefficient (Wildman–Crippen LogP) is 2.90. The quantitative estimate of drug-likeness (QED) is 0.619. The summed E-state index contributed by atoms with van der Waals surface area (Å²) in [5, 5.41) is 5.28. The van der Waals surface area contributed by atoms with Gasteiger partial charge in [-0.3, -0.25) is 4.79 Å². The van der Waals surface area contributed by atoms with E-state index in [-0.39, 0.29) is 36.8 Å². The topological polar surface area (TPSA) is 95.5 Å². The van der Waals surface area contributed by atoms with Crippen LogP contribution in [0.5, 0.6) is 11.5 Å². The van der Waals surface area contributed by atoms with Crippen LogP contribution in [0.25, 0.3) is 11.0 Å². The number of hydrogen-bond acceptors (Lipinski definition) is 6. The number of fused-ring (bicyclic) bond motifs is 1. The fraction of sp³-hybridized carbons (Fsp3) is 0.381. The van der Waals surface area contributed by atoms with Crippen LogP contribution in [0.1, 0.15) is 28.8 Å². The minimum Gasteiger partial charge on any atom is -0.497 e. The maximum absolute atomic E-state index is 12.8. The van der Waals surface area contributed by atoms with Crippen molar-refractivity contribution in [3.8, 4) is 11.5 Å². The number of pyridine rings is 1. The fourth-order valence-electron chi connectivity index (χ4n) is 3.73. The lowest BCUT2D eigenvalue weighted by Crippen LogP contribution is -2.45. The van der Waals surface area contributed by atoms with Gasteiger partial charge in [0.15, 0.2) is 5.65 Å². The first-order chi connectivity index (χ1) is 14.1. The summed E-state index contributed by atoms with van der Waals surface area (Å²) >= 11 is 0. The van der Waals surface area contributed by atoms with Crippen LogP contribution in [0.4, 0.5) is 0 Å². The van der Waals surface area contributed by atoms with Crippen molar-refractivity contribution in [2.75, 3.05) is 27.3 Å². The first-order valence-corrected chi connectivity index (χ1v) is 9.66. The van der Waals surface area contributed by atoms with Gasteiger partial charge in [-0.05, 0) is 31.0 Å². The van der Waals surface area contributed by atoms with Crippen molar-refractivity contribution in [1.29, 1.82) is 0 Å². The molecule has 2 aromatic heterocycles. The van der Waals surface area contributed by atoms with E-state index >= 15 is 0 Å². The summed E-state index contributed by atoms with van der Waals surface area (Å²) in [7, 11) is 3.25. The minimum absolute atomic E-state index is 0. The third-order valence-corrected chi connectivity index (χ3v) is 5.28. The standard InChI is InChI=1S/C21H25N5O3.2ClH/c1-28-18-6-5-14(19(9-18)29-2)12-26-20-15(11-24-26)8-16(10-23-20)21(27)25-7-3-4-17(22)13-25;;/h5-6,8-11,17H,3-4,7,12-13,22H2,1-2H3;2*1H. The number of ether oxygens (including phenoxy) is 2. The van der Waals surface area contributed by atoms with Crippen LogP contribution in [0.2, 0.25) is 0 Å². The van der Waals surface area contributed by atoms with Crippen LogP contribution < -0.4 is 15.2 Å². The van der Waals surface area contributed by atoms with Crippen molar-refractivity contribution in [1.82, 2.24) is 19.7 Å². The monoisotopic (exact) mass is 467 g/mol. The molecule has 1 aliphatic rings. The largest absolute Gasteiger partial charge is 0.497 e. The summed E-state index contributed by atoms with van der Waals surface area (Å²) in [6.07, 6.45) is 5.25. The van der Waals surface area contributed by atoms with E-state index in [2.05, 4.69) is 10.1 Å². The zero-order chi connectivity index (χ0) is 20.4. The molecule has 1 atom stereocenters. The highest BCUT2D eigenvalue weighted by Gasteiger charge is 2.23. The van der Waals surface area contributed by atoms with E-state index in [1.807, 2.05) is 29.2 Å². The number of nitrogens with two attached hydrogens (primary N) is 1. The number of carbonyl (C=O) groups excluding carboxylic acids is 1. The van der Waals surface area contributed by atoms with Crippen LogP contribution in [0.15, 0.2) is 36.7 Å². The Morgan fingerprint density at radius 2 is 2.00 bits per heavy atom. The average Bonchev–Trinajstić information content (AvgIpc) is 3.15. The first kappa shape index (κ1) is 24.7. The maximum atomic E-state index is 12.8. The predicted molar refractivity (Wildman–Crippen MR) is 124 cm³/mol. The Bertz CT molecular complexity index is 1040. The molecule has 0 radical (unpaired) electrons. The second kappa shape index (κ2) is 10.7. The van der Waals surface area contributed by atoms with Gasteiger partial charge in [-0.25, -0.2) is 9.67 Å². The average molecular weight is 468 g/mol. The lowest BCUT2D eigenvalue weighted by molar-refractivity contribution is 0.0708. The SMILES string of the molecule is COc1ccc(Cn2ncc3cc(C(=O)N4CCCC(N)C4)cnc32)c(OC)c1.Cl.Cl. The molecule has 168 valence electrons. The minimum atomic E-state index is -0.0286. The van der Waals surface area contributed by atoms with Gasteiger partial charge < -0.3 is 20.1 Å². The number of nitrogens with zero attached hydrogens (tertiary/aromatic N) is 4. The van der Waals surface area contributed by atoms with Crippen LogP contribution in [0.3, 0.4) is 0 Å². The molecule has 3 heterocycles. The molecule has 10 heteroatoms. The molecule has 31 heavy (non-hydrogen) atoms. The van der Waals surface area contributed by atoms with Gasteiger partial charge in [-0.1, -0.05) is 0 Å². The van der Waals surface area contributed by atoms with E-state index in [1.54, 1.807) is 31.3 Å². The number of amides is 1. The molecule has 1 aromatic carbocycles.